The van der Waals surface area contributed by atoms with Crippen LogP contribution in [-0.2, 0) is 26.0 Å². The summed E-state index contributed by atoms with van der Waals surface area (Å²) in [7, 11) is 1.71. The first-order valence-electron chi connectivity index (χ1n) is 16.0. The highest BCUT2D eigenvalue weighted by Crippen LogP contribution is 2.47. The maximum atomic E-state index is 14.7. The molecule has 0 radical (unpaired) electrons. The van der Waals surface area contributed by atoms with Crippen LogP contribution in [0.25, 0.3) is 11.6 Å². The Morgan fingerprint density at radius 3 is 2.18 bits per heavy atom. The molecule has 0 aromatic carbocycles. The van der Waals surface area contributed by atoms with Gasteiger partial charge in [0.2, 0.25) is 17.9 Å². The van der Waals surface area contributed by atoms with E-state index in [0.29, 0.717) is 6.07 Å². The molecule has 0 saturated carbocycles. The molecular weight excluding hydrogens is 670 g/mol. The summed E-state index contributed by atoms with van der Waals surface area (Å²) in [5, 5.41) is 9.19. The van der Waals surface area contributed by atoms with Gasteiger partial charge in [0.25, 0.3) is 11.8 Å². The number of halogens is 6. The Kier molecular flexibility index (Phi) is 19.6. The Labute approximate surface area is 290 Å². The molecule has 1 aliphatic rings. The van der Waals surface area contributed by atoms with Crippen LogP contribution in [0.5, 0.6) is 5.88 Å². The first-order chi connectivity index (χ1) is 23.3. The number of hydrogen-bond donors (Lipinski definition) is 1. The van der Waals surface area contributed by atoms with E-state index in [4.69, 9.17) is 18.6 Å². The van der Waals surface area contributed by atoms with E-state index in [-0.39, 0.29) is 30.4 Å². The Hall–Kier alpha value is -3.98. The van der Waals surface area contributed by atoms with Gasteiger partial charge in [-0.25, -0.2) is 4.98 Å². The molecule has 282 valence electrons. The quantitative estimate of drug-likeness (QED) is 0.130. The fourth-order valence-corrected chi connectivity index (χ4v) is 3.66. The van der Waals surface area contributed by atoms with Gasteiger partial charge < -0.3 is 23.9 Å². The molecule has 1 N–H and O–H groups in total. The Balaban J connectivity index is 0.00000191. The number of nitrogens with zero attached hydrogens (tertiary/aromatic N) is 3. The maximum absolute atomic E-state index is 14.7. The van der Waals surface area contributed by atoms with E-state index >= 15 is 0 Å². The van der Waals surface area contributed by atoms with E-state index in [1.165, 1.54) is 43.7 Å². The lowest BCUT2D eigenvalue weighted by molar-refractivity contribution is -0.292. The smallest absolute Gasteiger partial charge is 0.426 e. The monoisotopic (exact) mass is 720 g/mol. The minimum absolute atomic E-state index is 0.0417. The molecule has 0 spiro atoms. The second kappa shape index (κ2) is 21.3. The number of amides is 1. The van der Waals surface area contributed by atoms with E-state index in [2.05, 4.69) is 42.2 Å². The molecule has 15 heteroatoms. The third-order valence-electron chi connectivity index (χ3n) is 6.24. The van der Waals surface area contributed by atoms with Gasteiger partial charge in [-0.2, -0.15) is 26.3 Å². The van der Waals surface area contributed by atoms with Gasteiger partial charge >= 0.3 is 12.4 Å². The van der Waals surface area contributed by atoms with Crippen molar-refractivity contribution in [3.63, 3.8) is 0 Å². The number of allylic oxidation sites excluding steroid dienone is 3. The predicted octanol–water partition coefficient (Wildman–Crippen LogP) is 10.2. The van der Waals surface area contributed by atoms with Gasteiger partial charge in [-0.15, -0.1) is 10.2 Å². The highest BCUT2D eigenvalue weighted by atomic mass is 19.4. The normalized spacial score (nSPS) is 18.5. The summed E-state index contributed by atoms with van der Waals surface area (Å²) in [5.41, 5.74) is -5.18. The summed E-state index contributed by atoms with van der Waals surface area (Å²) in [6, 6.07) is 0.522. The van der Waals surface area contributed by atoms with Crippen LogP contribution in [0.3, 0.4) is 0 Å². The van der Waals surface area contributed by atoms with E-state index in [9.17, 15) is 31.1 Å². The molecule has 0 fully saturated rings. The number of fused-ring (bicyclic) bond motifs is 5. The van der Waals surface area contributed by atoms with Gasteiger partial charge in [0.1, 0.15) is 11.7 Å². The summed E-state index contributed by atoms with van der Waals surface area (Å²) < 4.78 is 107. The number of carbonyl (C=O) groups excluding carboxylic acids is 1. The van der Waals surface area contributed by atoms with Gasteiger partial charge in [-0.1, -0.05) is 77.7 Å². The molecule has 0 saturated heterocycles. The molecule has 2 aromatic heterocycles. The van der Waals surface area contributed by atoms with E-state index in [0.717, 1.165) is 0 Å². The van der Waals surface area contributed by atoms with Gasteiger partial charge in [0, 0.05) is 13.5 Å². The summed E-state index contributed by atoms with van der Waals surface area (Å²) in [5.74, 6) is -2.58. The maximum Gasteiger partial charge on any atom is 0.426 e. The number of alkyl halides is 6. The van der Waals surface area contributed by atoms with Crippen molar-refractivity contribution < 1.29 is 49.8 Å². The third-order valence-corrected chi connectivity index (χ3v) is 6.24. The molecule has 3 rings (SSSR count). The van der Waals surface area contributed by atoms with Crippen LogP contribution in [0.1, 0.15) is 92.5 Å². The molecule has 9 nitrogen and oxygen atoms in total. The van der Waals surface area contributed by atoms with Gasteiger partial charge in [-0.05, 0) is 52.2 Å². The zero-order valence-corrected chi connectivity index (χ0v) is 30.2. The number of methoxy groups -OCH3 is 1. The van der Waals surface area contributed by atoms with Crippen LogP contribution in [0, 0.1) is 0 Å². The number of pyridine rings is 1. The van der Waals surface area contributed by atoms with Gasteiger partial charge in [0.15, 0.2) is 5.69 Å². The van der Waals surface area contributed by atoms with Crippen molar-refractivity contribution in [3.05, 3.63) is 66.6 Å². The number of rotatable bonds is 7. The number of aromatic nitrogens is 3. The van der Waals surface area contributed by atoms with Crippen molar-refractivity contribution in [1.82, 2.24) is 15.2 Å². The third kappa shape index (κ3) is 14.1. The molecular formula is C35H50F6N4O5. The molecule has 1 unspecified atom stereocenters. The van der Waals surface area contributed by atoms with Crippen molar-refractivity contribution >= 4 is 12.1 Å². The van der Waals surface area contributed by atoms with Crippen LogP contribution >= 0.6 is 0 Å². The number of hydrogen-bond acceptors (Lipinski definition) is 8. The van der Waals surface area contributed by atoms with E-state index in [1.807, 2.05) is 39.9 Å². The van der Waals surface area contributed by atoms with Crippen LogP contribution < -0.4 is 10.1 Å². The second-order valence-electron chi connectivity index (χ2n) is 11.4. The largest absolute Gasteiger partial charge is 0.474 e. The van der Waals surface area contributed by atoms with Crippen LogP contribution in [0.4, 0.5) is 32.0 Å². The Morgan fingerprint density at radius 2 is 1.70 bits per heavy atom. The van der Waals surface area contributed by atoms with Crippen molar-refractivity contribution in [3.8, 4) is 17.5 Å². The second-order valence-corrected chi connectivity index (χ2v) is 11.4. The van der Waals surface area contributed by atoms with Crippen molar-refractivity contribution in [2.45, 2.75) is 111 Å². The SMILES string of the molecule is C=C/C=C(\C=C)COC1(C(F)(F)F)CC/C=C\C[C@@H](C)Oc2nc(c(NC=O)cc2C(F)(F)F)-c2nnc1o2.CC.CCC.COC(C)(C)C. The molecule has 1 amide bonds. The molecule has 2 aromatic rings. The van der Waals surface area contributed by atoms with Crippen molar-refractivity contribution in [1.29, 1.82) is 0 Å². The number of anilines is 1. The minimum atomic E-state index is -5.07. The molecule has 3 heterocycles. The summed E-state index contributed by atoms with van der Waals surface area (Å²) in [4.78, 5) is 15.0. The molecule has 2 atom stereocenters. The molecule has 4 bridgehead atoms. The first-order valence-corrected chi connectivity index (χ1v) is 16.0. The van der Waals surface area contributed by atoms with Crippen LogP contribution in [-0.4, -0.2) is 53.2 Å². The van der Waals surface area contributed by atoms with Crippen LogP contribution in [0.2, 0.25) is 0 Å². The standard InChI is InChI=1S/C25H24F6N4O4.C5H12O.C3H8.C2H6/c1-4-9-16(5-2)13-37-23(25(29,30)31)11-8-6-7-10-15(3)38-20-17(24(26,27)28)12-18(32-14-36)19(33-20)21-34-35-22(23)39-21;1-5(2,3)6-4;1-3-2;1-2/h4-7,9,12,14-15H,1-2,8,10-11,13H2,3H3,(H,32,36);1-4H3;3H2,1-2H3;1-2H3/b7-6-,16-9+;;;/t15-,23?;;;/m1.../s1. The Bertz CT molecular complexity index is 1400. The van der Waals surface area contributed by atoms with Crippen molar-refractivity contribution in [2.75, 3.05) is 19.0 Å². The van der Waals surface area contributed by atoms with Crippen LogP contribution in [0.15, 0.2) is 59.6 Å². The summed E-state index contributed by atoms with van der Waals surface area (Å²) >= 11 is 0. The number of ether oxygens (including phenoxy) is 3. The Morgan fingerprint density at radius 1 is 1.10 bits per heavy atom. The zero-order chi connectivity index (χ0) is 38.8. The first kappa shape index (κ1) is 46.0. The van der Waals surface area contributed by atoms with E-state index < -0.39 is 71.7 Å². The number of nitrogens with one attached hydrogen (secondary N) is 1. The van der Waals surface area contributed by atoms with Crippen molar-refractivity contribution in [2.24, 2.45) is 0 Å². The summed E-state index contributed by atoms with van der Waals surface area (Å²) in [6.45, 7) is 22.3. The zero-order valence-electron chi connectivity index (χ0n) is 30.2. The molecule has 50 heavy (non-hydrogen) atoms. The highest BCUT2D eigenvalue weighted by molar-refractivity contribution is 5.81. The molecule has 1 aliphatic heterocycles. The van der Waals surface area contributed by atoms with Gasteiger partial charge in [-0.3, -0.25) is 4.79 Å². The number of carbonyl (C=O) groups is 1. The lowest BCUT2D eigenvalue weighted by Gasteiger charge is -2.32. The lowest BCUT2D eigenvalue weighted by atomic mass is 9.95. The summed E-state index contributed by atoms with van der Waals surface area (Å²) in [6.07, 6.45) is -3.39. The topological polar surface area (TPSA) is 109 Å². The molecule has 0 aliphatic carbocycles. The average molecular weight is 721 g/mol. The fourth-order valence-electron chi connectivity index (χ4n) is 3.66. The lowest BCUT2D eigenvalue weighted by Crippen LogP contribution is -2.45. The highest BCUT2D eigenvalue weighted by Gasteiger charge is 2.61. The predicted molar refractivity (Wildman–Crippen MR) is 182 cm³/mol. The van der Waals surface area contributed by atoms with Gasteiger partial charge in [0.05, 0.1) is 17.9 Å². The minimum Gasteiger partial charge on any atom is -0.474 e. The van der Waals surface area contributed by atoms with E-state index in [1.54, 1.807) is 7.11 Å². The fraction of sp³-hybridized carbons (Fsp3) is 0.543. The average Bonchev–Trinajstić information content (AvgIpc) is 3.52.